The molecule has 3 atom stereocenters. The number of rotatable bonds is 3. The maximum absolute atomic E-state index is 15.2. The van der Waals surface area contributed by atoms with Gasteiger partial charge in [0, 0.05) is 59.4 Å². The Morgan fingerprint density at radius 3 is 2.74 bits per heavy atom. The molecule has 6 heterocycles. The number of anilines is 2. The predicted octanol–water partition coefficient (Wildman–Crippen LogP) is 4.55. The lowest BCUT2D eigenvalue weighted by Gasteiger charge is -2.40. The number of fused-ring (bicyclic) bond motifs is 5. The third kappa shape index (κ3) is 4.30. The van der Waals surface area contributed by atoms with Crippen molar-refractivity contribution in [2.75, 3.05) is 36.9 Å². The number of likely N-dealkylation sites (N-methyl/N-ethyl adjacent to an activating group) is 1. The van der Waals surface area contributed by atoms with Crippen LogP contribution in [0.15, 0.2) is 12.4 Å². The van der Waals surface area contributed by atoms with Crippen LogP contribution >= 0.6 is 20.6 Å². The van der Waals surface area contributed by atoms with Crippen molar-refractivity contribution in [2.45, 2.75) is 45.6 Å². The fraction of sp³-hybridized carbons (Fsp3) is 0.414. The maximum Gasteiger partial charge on any atom is 0.412 e. The van der Waals surface area contributed by atoms with Gasteiger partial charge in [-0.05, 0) is 38.9 Å². The van der Waals surface area contributed by atoms with Crippen LogP contribution in [0.1, 0.15) is 37.5 Å². The summed E-state index contributed by atoms with van der Waals surface area (Å²) in [6.45, 7) is 8.83. The van der Waals surface area contributed by atoms with Gasteiger partial charge in [0.05, 0.1) is 40.9 Å². The Morgan fingerprint density at radius 1 is 1.24 bits per heavy atom. The molecule has 0 saturated carbocycles. The molecule has 1 aromatic carbocycles. The van der Waals surface area contributed by atoms with E-state index in [1.807, 2.05) is 6.20 Å². The Bertz CT molecular complexity index is 1850. The number of nitriles is 1. The summed E-state index contributed by atoms with van der Waals surface area (Å²) < 4.78 is 26.7. The number of amides is 1. The van der Waals surface area contributed by atoms with Gasteiger partial charge in [-0.25, -0.2) is 19.2 Å². The number of benzene rings is 1. The summed E-state index contributed by atoms with van der Waals surface area (Å²) in [6, 6.07) is 2.69. The summed E-state index contributed by atoms with van der Waals surface area (Å²) >= 11 is 0.983. The summed E-state index contributed by atoms with van der Waals surface area (Å²) in [4.78, 5) is 31.5. The molecule has 2 fully saturated rings. The minimum absolute atomic E-state index is 0.125. The fourth-order valence-electron chi connectivity index (χ4n) is 6.31. The Kier molecular flexibility index (Phi) is 6.37. The van der Waals surface area contributed by atoms with E-state index in [0.29, 0.717) is 42.2 Å². The monoisotopic (exact) mass is 605 g/mol. The Labute approximate surface area is 248 Å². The average molecular weight is 606 g/mol. The highest BCUT2D eigenvalue weighted by molar-refractivity contribution is 7.29. The lowest BCUT2D eigenvalue weighted by molar-refractivity contribution is 0.0636. The number of aromatic nitrogens is 3. The lowest BCUT2D eigenvalue weighted by atomic mass is 9.93. The molecule has 216 valence electrons. The summed E-state index contributed by atoms with van der Waals surface area (Å²) in [5.41, 5.74) is 3.16. The predicted molar refractivity (Wildman–Crippen MR) is 163 cm³/mol. The van der Waals surface area contributed by atoms with Gasteiger partial charge in [0.25, 0.3) is 0 Å². The van der Waals surface area contributed by atoms with Crippen LogP contribution in [0, 0.1) is 23.1 Å². The van der Waals surface area contributed by atoms with Gasteiger partial charge in [-0.15, -0.1) is 20.6 Å². The van der Waals surface area contributed by atoms with Crippen LogP contribution in [0.3, 0.4) is 0 Å². The second-order valence-electron chi connectivity index (χ2n) is 12.0. The Hall–Kier alpha value is -3.49. The SMILES string of the molecule is CN1CC2CN(c3ncc4c5c(c(-c6ncc(F)c7sc(NC(=O)OC(C)(C)C)c(C#N)c67)c(P)c4n3)COC5)CC21. The topological polar surface area (TPSA) is 116 Å². The van der Waals surface area contributed by atoms with Crippen molar-refractivity contribution in [1.82, 2.24) is 19.9 Å². The molecule has 0 bridgehead atoms. The summed E-state index contributed by atoms with van der Waals surface area (Å²) in [5.74, 6) is 0.717. The number of nitrogens with zero attached hydrogens (tertiary/aromatic N) is 6. The van der Waals surface area contributed by atoms with E-state index in [2.05, 4.69) is 42.5 Å². The van der Waals surface area contributed by atoms with E-state index in [4.69, 9.17) is 19.4 Å². The van der Waals surface area contributed by atoms with Crippen LogP contribution in [0.5, 0.6) is 0 Å². The minimum Gasteiger partial charge on any atom is -0.444 e. The van der Waals surface area contributed by atoms with Gasteiger partial charge >= 0.3 is 6.09 Å². The van der Waals surface area contributed by atoms with Crippen molar-refractivity contribution in [3.8, 4) is 17.3 Å². The molecule has 13 heteroatoms. The van der Waals surface area contributed by atoms with Gasteiger partial charge in [-0.1, -0.05) is 0 Å². The highest BCUT2D eigenvalue weighted by atomic mass is 32.1. The second kappa shape index (κ2) is 9.78. The fourth-order valence-corrected chi connectivity index (χ4v) is 7.88. The van der Waals surface area contributed by atoms with E-state index in [1.165, 1.54) is 0 Å². The first kappa shape index (κ1) is 27.3. The molecule has 3 aliphatic rings. The molecule has 42 heavy (non-hydrogen) atoms. The molecular formula is C29H29FN7O3PS. The number of halogens is 1. The zero-order chi connectivity index (χ0) is 29.5. The van der Waals surface area contributed by atoms with Crippen LogP contribution in [0.25, 0.3) is 32.2 Å². The van der Waals surface area contributed by atoms with E-state index in [9.17, 15) is 10.1 Å². The standard InChI is InChI=1S/C29H29FN7O3PS/c1-29(2,3)40-28(38)35-26-14(5-31)21-23(32-7-18(30)25(21)42-26)20-17-12-39-11-16(17)15-6-33-27(34-22(15)24(20)41)37-9-13-8-36(4)19(13)10-37/h6-7,13,19H,8-12,41H2,1-4H3,(H,35,38). The van der Waals surface area contributed by atoms with Gasteiger partial charge in [-0.2, -0.15) is 5.26 Å². The Balaban J connectivity index is 1.39. The van der Waals surface area contributed by atoms with Crippen LogP contribution in [-0.2, 0) is 22.7 Å². The van der Waals surface area contributed by atoms with Gasteiger partial charge in [-0.3, -0.25) is 10.3 Å². The number of ether oxygens (including phenoxy) is 2. The number of likely N-dealkylation sites (tertiary alicyclic amines) is 1. The molecule has 0 spiro atoms. The zero-order valence-corrected chi connectivity index (χ0v) is 25.6. The quantitative estimate of drug-likeness (QED) is 0.336. The third-order valence-electron chi connectivity index (χ3n) is 8.19. The molecule has 1 amide bonds. The lowest BCUT2D eigenvalue weighted by Crippen LogP contribution is -2.52. The Morgan fingerprint density at radius 2 is 2.02 bits per heavy atom. The molecule has 3 aliphatic heterocycles. The van der Waals surface area contributed by atoms with E-state index >= 15 is 4.39 Å². The van der Waals surface area contributed by atoms with Crippen LogP contribution in [0.2, 0.25) is 0 Å². The minimum atomic E-state index is -0.739. The molecule has 10 nitrogen and oxygen atoms in total. The normalized spacial score (nSPS) is 20.0. The molecule has 3 unspecified atom stereocenters. The average Bonchev–Trinajstić information content (AvgIpc) is 3.64. The van der Waals surface area contributed by atoms with Gasteiger partial charge in [0.2, 0.25) is 5.95 Å². The van der Waals surface area contributed by atoms with Crippen LogP contribution < -0.4 is 15.5 Å². The first-order valence-corrected chi connectivity index (χ1v) is 15.1. The molecule has 0 radical (unpaired) electrons. The van der Waals surface area contributed by atoms with Gasteiger partial charge in [0.1, 0.15) is 16.7 Å². The second-order valence-corrected chi connectivity index (χ2v) is 13.6. The number of pyridine rings is 1. The number of nitrogens with one attached hydrogen (secondary N) is 1. The van der Waals surface area contributed by atoms with E-state index < -0.39 is 17.5 Å². The van der Waals surface area contributed by atoms with Crippen molar-refractivity contribution in [2.24, 2.45) is 5.92 Å². The first-order chi connectivity index (χ1) is 20.0. The largest absolute Gasteiger partial charge is 0.444 e. The highest BCUT2D eigenvalue weighted by Gasteiger charge is 2.44. The molecule has 3 aromatic heterocycles. The molecule has 4 aromatic rings. The summed E-state index contributed by atoms with van der Waals surface area (Å²) in [7, 11) is 4.94. The number of thiophene rings is 1. The van der Waals surface area contributed by atoms with Gasteiger partial charge < -0.3 is 19.3 Å². The molecule has 7 rings (SSSR count). The molecular weight excluding hydrogens is 576 g/mol. The van der Waals surface area contributed by atoms with Crippen molar-refractivity contribution in [1.29, 1.82) is 5.26 Å². The molecule has 2 saturated heterocycles. The highest BCUT2D eigenvalue weighted by Crippen LogP contribution is 2.44. The van der Waals surface area contributed by atoms with Gasteiger partial charge in [0.15, 0.2) is 5.82 Å². The smallest absolute Gasteiger partial charge is 0.412 e. The number of carbonyl (C=O) groups is 1. The number of carbonyl (C=O) groups excluding carboxylic acids is 1. The number of hydrogen-bond donors (Lipinski definition) is 1. The van der Waals surface area contributed by atoms with E-state index in [-0.39, 0.29) is 15.3 Å². The van der Waals surface area contributed by atoms with Crippen molar-refractivity contribution in [3.05, 3.63) is 34.9 Å². The molecule has 0 aliphatic carbocycles. The summed E-state index contributed by atoms with van der Waals surface area (Å²) in [5, 5.41) is 15.1. The van der Waals surface area contributed by atoms with Crippen molar-refractivity contribution >= 4 is 63.9 Å². The summed E-state index contributed by atoms with van der Waals surface area (Å²) in [6.07, 6.45) is 2.30. The maximum atomic E-state index is 15.2. The van der Waals surface area contributed by atoms with Crippen LogP contribution in [-0.4, -0.2) is 64.3 Å². The van der Waals surface area contributed by atoms with E-state index in [0.717, 1.165) is 70.1 Å². The van der Waals surface area contributed by atoms with Crippen molar-refractivity contribution < 1.29 is 18.7 Å². The zero-order valence-electron chi connectivity index (χ0n) is 23.6. The molecule has 1 N–H and O–H groups in total. The van der Waals surface area contributed by atoms with Crippen LogP contribution in [0.4, 0.5) is 20.1 Å². The first-order valence-electron chi connectivity index (χ1n) is 13.7. The van der Waals surface area contributed by atoms with Crippen molar-refractivity contribution in [3.63, 3.8) is 0 Å². The number of hydrogen-bond acceptors (Lipinski definition) is 10. The third-order valence-corrected chi connectivity index (χ3v) is 9.87. The van der Waals surface area contributed by atoms with E-state index in [1.54, 1.807) is 20.8 Å².